The van der Waals surface area contributed by atoms with Crippen molar-refractivity contribution in [3.8, 4) is 5.75 Å². The fraction of sp³-hybridized carbons (Fsp3) is 0.294. The third kappa shape index (κ3) is 3.90. The molecule has 1 atom stereocenters. The molecule has 0 saturated heterocycles. The van der Waals surface area contributed by atoms with Gasteiger partial charge in [0.25, 0.3) is 0 Å². The smallest absolute Gasteiger partial charge is 0.122 e. The molecule has 0 aliphatic rings. The monoisotopic (exact) mass is 305 g/mol. The minimum absolute atomic E-state index is 0.463. The van der Waals surface area contributed by atoms with Gasteiger partial charge in [-0.15, -0.1) is 0 Å². The summed E-state index contributed by atoms with van der Waals surface area (Å²) in [6.45, 7) is 0. The van der Waals surface area contributed by atoms with Gasteiger partial charge < -0.3 is 14.7 Å². The molecule has 0 amide bonds. The number of hydrogen-bond donors (Lipinski definition) is 1. The number of ether oxygens (including phenoxy) is 1. The van der Waals surface area contributed by atoms with Crippen molar-refractivity contribution in [2.75, 3.05) is 26.1 Å². The second-order valence-electron chi connectivity index (χ2n) is 5.16. The van der Waals surface area contributed by atoms with E-state index in [1.165, 1.54) is 0 Å². The minimum atomic E-state index is -0.589. The Morgan fingerprint density at radius 2 is 1.81 bits per heavy atom. The molecule has 0 fully saturated rings. The molecule has 2 rings (SSSR count). The molecule has 1 unspecified atom stereocenters. The zero-order valence-corrected chi connectivity index (χ0v) is 13.3. The van der Waals surface area contributed by atoms with Crippen molar-refractivity contribution in [1.29, 1.82) is 0 Å². The summed E-state index contributed by atoms with van der Waals surface area (Å²) in [5.74, 6) is 0.739. The lowest BCUT2D eigenvalue weighted by molar-refractivity contribution is 0.177. The van der Waals surface area contributed by atoms with Crippen molar-refractivity contribution in [2.45, 2.75) is 12.5 Å². The molecule has 0 radical (unpaired) electrons. The van der Waals surface area contributed by atoms with Crippen LogP contribution in [-0.2, 0) is 6.42 Å². The van der Waals surface area contributed by atoms with Gasteiger partial charge in [-0.25, -0.2) is 0 Å². The summed E-state index contributed by atoms with van der Waals surface area (Å²) in [7, 11) is 5.59. The number of methoxy groups -OCH3 is 1. The lowest BCUT2D eigenvalue weighted by Gasteiger charge is -2.16. The first-order valence-corrected chi connectivity index (χ1v) is 7.17. The summed E-state index contributed by atoms with van der Waals surface area (Å²) in [6, 6.07) is 13.3. The highest BCUT2D eigenvalue weighted by atomic mass is 35.5. The molecule has 21 heavy (non-hydrogen) atoms. The zero-order chi connectivity index (χ0) is 15.4. The first kappa shape index (κ1) is 15.7. The van der Waals surface area contributed by atoms with Gasteiger partial charge >= 0.3 is 0 Å². The summed E-state index contributed by atoms with van der Waals surface area (Å²) in [5, 5.41) is 11.0. The number of hydrogen-bond acceptors (Lipinski definition) is 3. The molecular weight excluding hydrogens is 286 g/mol. The molecule has 3 nitrogen and oxygen atoms in total. The average Bonchev–Trinajstić information content (AvgIpc) is 2.47. The molecule has 0 spiro atoms. The van der Waals surface area contributed by atoms with Gasteiger partial charge in [0.05, 0.1) is 13.2 Å². The van der Waals surface area contributed by atoms with Gasteiger partial charge in [0.1, 0.15) is 5.75 Å². The number of rotatable bonds is 5. The highest BCUT2D eigenvalue weighted by molar-refractivity contribution is 6.30. The van der Waals surface area contributed by atoms with Crippen LogP contribution in [0.5, 0.6) is 5.75 Å². The Labute approximate surface area is 130 Å². The SMILES string of the molecule is COc1ccc(Cl)cc1CC(O)c1ccc(N(C)C)cc1. The molecule has 1 N–H and O–H groups in total. The maximum Gasteiger partial charge on any atom is 0.122 e. The van der Waals surface area contributed by atoms with Crippen LogP contribution >= 0.6 is 11.6 Å². The highest BCUT2D eigenvalue weighted by Crippen LogP contribution is 2.28. The number of aliphatic hydroxyl groups is 1. The Morgan fingerprint density at radius 3 is 2.38 bits per heavy atom. The normalized spacial score (nSPS) is 12.0. The molecule has 0 heterocycles. The molecule has 0 bridgehead atoms. The van der Waals surface area contributed by atoms with Crippen LogP contribution < -0.4 is 9.64 Å². The van der Waals surface area contributed by atoms with Gasteiger partial charge in [-0.3, -0.25) is 0 Å². The standard InChI is InChI=1S/C17H20ClNO2/c1-19(2)15-7-4-12(5-8-15)16(20)11-13-10-14(18)6-9-17(13)21-3/h4-10,16,20H,11H2,1-3H3. The van der Waals surface area contributed by atoms with Crippen molar-refractivity contribution < 1.29 is 9.84 Å². The third-order valence-electron chi connectivity index (χ3n) is 3.45. The number of halogens is 1. The van der Waals surface area contributed by atoms with E-state index in [-0.39, 0.29) is 0 Å². The molecule has 0 aliphatic carbocycles. The number of benzene rings is 2. The van der Waals surface area contributed by atoms with Gasteiger partial charge in [0.15, 0.2) is 0 Å². The first-order valence-electron chi connectivity index (χ1n) is 6.79. The van der Waals surface area contributed by atoms with Crippen molar-refractivity contribution in [2.24, 2.45) is 0 Å². The second kappa shape index (κ2) is 6.83. The predicted octanol–water partition coefficient (Wildman–Crippen LogP) is 3.69. The lowest BCUT2D eigenvalue weighted by Crippen LogP contribution is -2.09. The molecule has 0 saturated carbocycles. The molecule has 2 aromatic rings. The lowest BCUT2D eigenvalue weighted by atomic mass is 10.0. The van der Waals surface area contributed by atoms with E-state index >= 15 is 0 Å². The first-order chi connectivity index (χ1) is 10.0. The van der Waals surface area contributed by atoms with E-state index < -0.39 is 6.10 Å². The maximum absolute atomic E-state index is 10.4. The van der Waals surface area contributed by atoms with Gasteiger partial charge in [-0.05, 0) is 41.5 Å². The van der Waals surface area contributed by atoms with E-state index in [2.05, 4.69) is 0 Å². The molecule has 2 aromatic carbocycles. The fourth-order valence-electron chi connectivity index (χ4n) is 2.23. The maximum atomic E-state index is 10.4. The van der Waals surface area contributed by atoms with Gasteiger partial charge in [-0.1, -0.05) is 23.7 Å². The highest BCUT2D eigenvalue weighted by Gasteiger charge is 2.13. The van der Waals surface area contributed by atoms with Gasteiger partial charge in [0.2, 0.25) is 0 Å². The van der Waals surface area contributed by atoms with Crippen LogP contribution in [0, 0.1) is 0 Å². The summed E-state index contributed by atoms with van der Waals surface area (Å²) in [4.78, 5) is 2.02. The molecular formula is C17H20ClNO2. The Hall–Kier alpha value is -1.71. The topological polar surface area (TPSA) is 32.7 Å². The molecule has 0 aliphatic heterocycles. The van der Waals surface area contributed by atoms with E-state index in [1.807, 2.05) is 55.4 Å². The summed E-state index contributed by atoms with van der Waals surface area (Å²) in [6.07, 6.45) is -0.126. The van der Waals surface area contributed by atoms with Crippen LogP contribution in [0.3, 0.4) is 0 Å². The number of anilines is 1. The average molecular weight is 306 g/mol. The van der Waals surface area contributed by atoms with Crippen molar-refractivity contribution in [3.05, 3.63) is 58.6 Å². The van der Waals surface area contributed by atoms with E-state index in [0.29, 0.717) is 11.4 Å². The molecule has 4 heteroatoms. The van der Waals surface area contributed by atoms with Crippen LogP contribution in [0.15, 0.2) is 42.5 Å². The largest absolute Gasteiger partial charge is 0.496 e. The predicted molar refractivity (Wildman–Crippen MR) is 87.4 cm³/mol. The third-order valence-corrected chi connectivity index (χ3v) is 3.69. The quantitative estimate of drug-likeness (QED) is 0.914. The fourth-order valence-corrected chi connectivity index (χ4v) is 2.42. The molecule has 0 aromatic heterocycles. The Bertz CT molecular complexity index is 596. The number of aliphatic hydroxyl groups excluding tert-OH is 1. The van der Waals surface area contributed by atoms with E-state index in [1.54, 1.807) is 13.2 Å². The number of nitrogens with zero attached hydrogens (tertiary/aromatic N) is 1. The minimum Gasteiger partial charge on any atom is -0.496 e. The van der Waals surface area contributed by atoms with Gasteiger partial charge in [0, 0.05) is 31.2 Å². The molecule has 112 valence electrons. The van der Waals surface area contributed by atoms with Crippen LogP contribution in [0.4, 0.5) is 5.69 Å². The Balaban J connectivity index is 2.17. The van der Waals surface area contributed by atoms with E-state index in [9.17, 15) is 5.11 Å². The summed E-state index contributed by atoms with van der Waals surface area (Å²) in [5.41, 5.74) is 2.88. The van der Waals surface area contributed by atoms with Crippen LogP contribution in [0.2, 0.25) is 5.02 Å². The zero-order valence-electron chi connectivity index (χ0n) is 12.5. The van der Waals surface area contributed by atoms with Crippen molar-refractivity contribution in [3.63, 3.8) is 0 Å². The second-order valence-corrected chi connectivity index (χ2v) is 5.60. The van der Waals surface area contributed by atoms with Crippen LogP contribution in [0.1, 0.15) is 17.2 Å². The van der Waals surface area contributed by atoms with Crippen molar-refractivity contribution in [1.82, 2.24) is 0 Å². The van der Waals surface area contributed by atoms with E-state index in [0.717, 1.165) is 22.6 Å². The van der Waals surface area contributed by atoms with Crippen LogP contribution in [0.25, 0.3) is 0 Å². The van der Waals surface area contributed by atoms with E-state index in [4.69, 9.17) is 16.3 Å². The Kier molecular flexibility index (Phi) is 5.10. The van der Waals surface area contributed by atoms with Crippen LogP contribution in [-0.4, -0.2) is 26.3 Å². The summed E-state index contributed by atoms with van der Waals surface area (Å²) >= 11 is 6.02. The Morgan fingerprint density at radius 1 is 1.14 bits per heavy atom. The van der Waals surface area contributed by atoms with Crippen molar-refractivity contribution >= 4 is 17.3 Å². The van der Waals surface area contributed by atoms with Gasteiger partial charge in [-0.2, -0.15) is 0 Å². The summed E-state index contributed by atoms with van der Waals surface area (Å²) < 4.78 is 5.31.